The normalized spacial score (nSPS) is 12.4. The van der Waals surface area contributed by atoms with Crippen molar-refractivity contribution in [2.45, 2.75) is 90.6 Å². The Labute approximate surface area is 120 Å². The summed E-state index contributed by atoms with van der Waals surface area (Å²) in [6, 6.07) is 0. The van der Waals surface area contributed by atoms with Crippen LogP contribution < -0.4 is 0 Å². The molecule has 0 spiro atoms. The summed E-state index contributed by atoms with van der Waals surface area (Å²) in [6.07, 6.45) is 18.4. The smallest absolute Gasteiger partial charge is 0.112 e. The van der Waals surface area contributed by atoms with Crippen LogP contribution in [0.1, 0.15) is 84.5 Å². The Hall–Kier alpha value is -0.740. The number of aliphatic hydroxyl groups is 1. The van der Waals surface area contributed by atoms with E-state index in [-0.39, 0.29) is 0 Å². The number of rotatable bonds is 11. The molecular formula is C18H32O. The Balaban J connectivity index is 3.13. The zero-order valence-corrected chi connectivity index (χ0v) is 13.0. The molecule has 0 aliphatic rings. The van der Waals surface area contributed by atoms with Crippen LogP contribution in [0.15, 0.2) is 12.2 Å². The van der Waals surface area contributed by atoms with E-state index in [0.717, 1.165) is 6.42 Å². The van der Waals surface area contributed by atoms with Crippen LogP contribution in [0.5, 0.6) is 0 Å². The van der Waals surface area contributed by atoms with Gasteiger partial charge in [0.2, 0.25) is 0 Å². The van der Waals surface area contributed by atoms with Crippen LogP contribution in [0, 0.1) is 11.8 Å². The quantitative estimate of drug-likeness (QED) is 0.400. The molecular weight excluding hydrogens is 232 g/mol. The fraction of sp³-hybridized carbons (Fsp3) is 0.778. The Bertz CT molecular complexity index is 255. The largest absolute Gasteiger partial charge is 0.381 e. The van der Waals surface area contributed by atoms with E-state index in [2.05, 4.69) is 24.8 Å². The molecule has 0 bridgehead atoms. The number of allylic oxidation sites excluding steroid dienone is 2. The predicted molar refractivity (Wildman–Crippen MR) is 85.1 cm³/mol. The first-order valence-corrected chi connectivity index (χ1v) is 8.11. The van der Waals surface area contributed by atoms with Crippen molar-refractivity contribution in [1.82, 2.24) is 0 Å². The molecule has 1 nitrogen and oxygen atoms in total. The van der Waals surface area contributed by atoms with Crippen LogP contribution in [-0.4, -0.2) is 11.2 Å². The molecule has 110 valence electrons. The summed E-state index contributed by atoms with van der Waals surface area (Å²) in [7, 11) is 0. The van der Waals surface area contributed by atoms with Gasteiger partial charge in [-0.15, -0.1) is 0 Å². The topological polar surface area (TPSA) is 20.2 Å². The lowest BCUT2D eigenvalue weighted by molar-refractivity contribution is 0.253. The Morgan fingerprint density at radius 1 is 0.895 bits per heavy atom. The van der Waals surface area contributed by atoms with Crippen LogP contribution in [-0.2, 0) is 0 Å². The summed E-state index contributed by atoms with van der Waals surface area (Å²) in [4.78, 5) is 0. The molecule has 1 N–H and O–H groups in total. The van der Waals surface area contributed by atoms with Crippen molar-refractivity contribution < 1.29 is 5.11 Å². The van der Waals surface area contributed by atoms with E-state index in [0.29, 0.717) is 0 Å². The van der Waals surface area contributed by atoms with Gasteiger partial charge < -0.3 is 5.11 Å². The Morgan fingerprint density at radius 3 is 1.95 bits per heavy atom. The van der Waals surface area contributed by atoms with Crippen molar-refractivity contribution in [3.8, 4) is 11.8 Å². The van der Waals surface area contributed by atoms with Gasteiger partial charge in [-0.3, -0.25) is 0 Å². The third kappa shape index (κ3) is 17.3. The SMILES string of the molecule is CCCCCCCCCCCC/C=C/C#C[C@@H](C)O. The molecule has 0 saturated heterocycles. The van der Waals surface area contributed by atoms with Crippen LogP contribution in [0.3, 0.4) is 0 Å². The fourth-order valence-electron chi connectivity index (χ4n) is 2.06. The van der Waals surface area contributed by atoms with Gasteiger partial charge in [-0.25, -0.2) is 0 Å². The molecule has 1 atom stereocenters. The van der Waals surface area contributed by atoms with Gasteiger partial charge in [0.25, 0.3) is 0 Å². The predicted octanol–water partition coefficient (Wildman–Crippen LogP) is 5.24. The van der Waals surface area contributed by atoms with Crippen molar-refractivity contribution in [1.29, 1.82) is 0 Å². The summed E-state index contributed by atoms with van der Waals surface area (Å²) in [5.74, 6) is 5.54. The zero-order chi connectivity index (χ0) is 14.2. The summed E-state index contributed by atoms with van der Waals surface area (Å²) < 4.78 is 0. The molecule has 0 unspecified atom stereocenters. The molecule has 0 aromatic heterocycles. The Morgan fingerprint density at radius 2 is 1.42 bits per heavy atom. The van der Waals surface area contributed by atoms with Crippen LogP contribution in [0.4, 0.5) is 0 Å². The molecule has 0 saturated carbocycles. The lowest BCUT2D eigenvalue weighted by Crippen LogP contribution is -1.91. The first-order valence-electron chi connectivity index (χ1n) is 8.11. The van der Waals surface area contributed by atoms with Crippen molar-refractivity contribution in [3.05, 3.63) is 12.2 Å². The maximum Gasteiger partial charge on any atom is 0.112 e. The van der Waals surface area contributed by atoms with Crippen molar-refractivity contribution in [3.63, 3.8) is 0 Å². The molecule has 19 heavy (non-hydrogen) atoms. The van der Waals surface area contributed by atoms with E-state index in [1.807, 2.05) is 6.08 Å². The van der Waals surface area contributed by atoms with Gasteiger partial charge >= 0.3 is 0 Å². The van der Waals surface area contributed by atoms with Crippen LogP contribution >= 0.6 is 0 Å². The molecule has 0 radical (unpaired) electrons. The molecule has 0 fully saturated rings. The van der Waals surface area contributed by atoms with E-state index >= 15 is 0 Å². The summed E-state index contributed by atoms with van der Waals surface area (Å²) in [6.45, 7) is 3.95. The van der Waals surface area contributed by atoms with E-state index < -0.39 is 6.10 Å². The highest BCUT2D eigenvalue weighted by molar-refractivity contribution is 5.16. The summed E-state index contributed by atoms with van der Waals surface area (Å²) >= 11 is 0. The second-order valence-electron chi connectivity index (χ2n) is 5.34. The zero-order valence-electron chi connectivity index (χ0n) is 13.0. The maximum atomic E-state index is 8.94. The lowest BCUT2D eigenvalue weighted by atomic mass is 10.1. The number of unbranched alkanes of at least 4 members (excludes halogenated alkanes) is 10. The molecule has 1 heteroatoms. The van der Waals surface area contributed by atoms with Gasteiger partial charge in [0, 0.05) is 0 Å². The monoisotopic (exact) mass is 264 g/mol. The first-order chi connectivity index (χ1) is 9.27. The van der Waals surface area contributed by atoms with Gasteiger partial charge in [-0.2, -0.15) is 0 Å². The molecule has 0 aromatic rings. The highest BCUT2D eigenvalue weighted by Gasteiger charge is 1.91. The molecule has 0 aliphatic carbocycles. The minimum atomic E-state index is -0.512. The van der Waals surface area contributed by atoms with Crippen LogP contribution in [0.2, 0.25) is 0 Å². The van der Waals surface area contributed by atoms with Crippen molar-refractivity contribution >= 4 is 0 Å². The van der Waals surface area contributed by atoms with E-state index in [1.165, 1.54) is 64.2 Å². The second kappa shape index (κ2) is 15.3. The average molecular weight is 264 g/mol. The molecule has 0 amide bonds. The lowest BCUT2D eigenvalue weighted by Gasteiger charge is -2.01. The number of hydrogen-bond acceptors (Lipinski definition) is 1. The summed E-state index contributed by atoms with van der Waals surface area (Å²) in [5, 5.41) is 8.94. The van der Waals surface area contributed by atoms with Crippen LogP contribution in [0.25, 0.3) is 0 Å². The van der Waals surface area contributed by atoms with Gasteiger partial charge in [-0.1, -0.05) is 82.6 Å². The highest BCUT2D eigenvalue weighted by atomic mass is 16.3. The fourth-order valence-corrected chi connectivity index (χ4v) is 2.06. The van der Waals surface area contributed by atoms with E-state index in [9.17, 15) is 0 Å². The maximum absolute atomic E-state index is 8.94. The number of aliphatic hydroxyl groups excluding tert-OH is 1. The molecule has 0 aromatic carbocycles. The van der Waals surface area contributed by atoms with Crippen molar-refractivity contribution in [2.75, 3.05) is 0 Å². The molecule has 0 aliphatic heterocycles. The van der Waals surface area contributed by atoms with Gasteiger partial charge in [-0.05, 0) is 25.8 Å². The molecule has 0 rings (SSSR count). The standard InChI is InChI=1S/C18H32O/c1-3-4-5-6-7-8-9-10-11-12-13-14-15-16-17-18(2)19/h14-15,18-19H,3-13H2,1-2H3/b15-14+/t18-/m1/s1. The summed E-state index contributed by atoms with van der Waals surface area (Å²) in [5.41, 5.74) is 0. The third-order valence-corrected chi connectivity index (χ3v) is 3.22. The van der Waals surface area contributed by atoms with E-state index in [4.69, 9.17) is 5.11 Å². The van der Waals surface area contributed by atoms with Crippen molar-refractivity contribution in [2.24, 2.45) is 0 Å². The van der Waals surface area contributed by atoms with Gasteiger partial charge in [0.15, 0.2) is 0 Å². The van der Waals surface area contributed by atoms with E-state index in [1.54, 1.807) is 6.92 Å². The highest BCUT2D eigenvalue weighted by Crippen LogP contribution is 2.11. The first kappa shape index (κ1) is 18.3. The number of hydrogen-bond donors (Lipinski definition) is 1. The van der Waals surface area contributed by atoms with Gasteiger partial charge in [0.1, 0.15) is 6.10 Å². The molecule has 0 heterocycles. The van der Waals surface area contributed by atoms with Gasteiger partial charge in [0.05, 0.1) is 0 Å². The average Bonchev–Trinajstić information content (AvgIpc) is 2.39. The second-order valence-corrected chi connectivity index (χ2v) is 5.34. The Kier molecular flexibility index (Phi) is 14.7. The minimum absolute atomic E-state index is 0.512. The minimum Gasteiger partial charge on any atom is -0.381 e. The third-order valence-electron chi connectivity index (χ3n) is 3.22.